The molecule has 1 rings (SSSR count). The maximum Gasteiger partial charge on any atom is 0.240 e. The second-order valence-corrected chi connectivity index (χ2v) is 6.88. The van der Waals surface area contributed by atoms with E-state index in [2.05, 4.69) is 4.72 Å². The largest absolute Gasteiger partial charge is 0.398 e. The molecule has 0 heterocycles. The maximum atomic E-state index is 12.1. The first-order chi connectivity index (χ1) is 8.65. The molecule has 19 heavy (non-hydrogen) atoms. The van der Waals surface area contributed by atoms with Gasteiger partial charge in [0.15, 0.2) is 0 Å². The second-order valence-electron chi connectivity index (χ2n) is 5.12. The van der Waals surface area contributed by atoms with Crippen molar-refractivity contribution >= 4 is 15.7 Å². The van der Waals surface area contributed by atoms with Crippen molar-refractivity contribution in [2.24, 2.45) is 5.92 Å². The first kappa shape index (κ1) is 15.9. The van der Waals surface area contributed by atoms with Gasteiger partial charge in [0.2, 0.25) is 10.0 Å². The zero-order valence-corrected chi connectivity index (χ0v) is 12.6. The van der Waals surface area contributed by atoms with E-state index in [1.54, 1.807) is 6.07 Å². The summed E-state index contributed by atoms with van der Waals surface area (Å²) in [4.78, 5) is 0.129. The van der Waals surface area contributed by atoms with Crippen LogP contribution in [0.4, 0.5) is 5.69 Å². The normalized spacial score (nSPS) is 13.8. The van der Waals surface area contributed by atoms with E-state index in [0.29, 0.717) is 5.69 Å². The molecule has 1 aromatic rings. The lowest BCUT2D eigenvalue weighted by atomic mass is 10.1. The summed E-state index contributed by atoms with van der Waals surface area (Å²) < 4.78 is 26.6. The fourth-order valence-electron chi connectivity index (χ4n) is 1.52. The van der Waals surface area contributed by atoms with Crippen LogP contribution in [0.15, 0.2) is 17.0 Å². The smallest absolute Gasteiger partial charge is 0.240 e. The molecular weight excluding hydrogens is 264 g/mol. The molecule has 0 fully saturated rings. The van der Waals surface area contributed by atoms with Gasteiger partial charge in [-0.3, -0.25) is 0 Å². The topological polar surface area (TPSA) is 92.4 Å². The number of nitrogen functional groups attached to an aromatic ring is 1. The Bertz CT molecular complexity index is 530. The van der Waals surface area contributed by atoms with Crippen LogP contribution in [0.2, 0.25) is 0 Å². The minimum absolute atomic E-state index is 0.00692. The van der Waals surface area contributed by atoms with Gasteiger partial charge < -0.3 is 10.8 Å². The SMILES string of the molecule is Cc1cc(S(=O)(=O)NCC(O)C(C)C)cc(N)c1C. The third-order valence-corrected chi connectivity index (χ3v) is 4.65. The van der Waals surface area contributed by atoms with E-state index in [4.69, 9.17) is 5.73 Å². The summed E-state index contributed by atoms with van der Waals surface area (Å²) in [7, 11) is -3.64. The zero-order chi connectivity index (χ0) is 14.8. The van der Waals surface area contributed by atoms with Gasteiger partial charge in [0.25, 0.3) is 0 Å². The second kappa shape index (κ2) is 5.90. The molecule has 0 aromatic heterocycles. The van der Waals surface area contributed by atoms with Gasteiger partial charge in [-0.15, -0.1) is 0 Å². The van der Waals surface area contributed by atoms with Gasteiger partial charge in [-0.05, 0) is 43.0 Å². The molecule has 108 valence electrons. The fraction of sp³-hybridized carbons (Fsp3) is 0.538. The summed E-state index contributed by atoms with van der Waals surface area (Å²) in [5.41, 5.74) is 7.93. The highest BCUT2D eigenvalue weighted by molar-refractivity contribution is 7.89. The Labute approximate surface area is 114 Å². The number of hydrogen-bond acceptors (Lipinski definition) is 4. The van der Waals surface area contributed by atoms with Crippen LogP contribution in [-0.2, 0) is 10.0 Å². The molecule has 0 spiro atoms. The molecule has 1 atom stereocenters. The monoisotopic (exact) mass is 286 g/mol. The van der Waals surface area contributed by atoms with Crippen LogP contribution < -0.4 is 10.5 Å². The summed E-state index contributed by atoms with van der Waals surface area (Å²) in [5, 5.41) is 9.64. The quantitative estimate of drug-likeness (QED) is 0.709. The van der Waals surface area contributed by atoms with E-state index in [1.165, 1.54) is 6.07 Å². The zero-order valence-electron chi connectivity index (χ0n) is 11.8. The summed E-state index contributed by atoms with van der Waals surface area (Å²) >= 11 is 0. The van der Waals surface area contributed by atoms with E-state index in [-0.39, 0.29) is 17.4 Å². The van der Waals surface area contributed by atoms with Crippen LogP contribution in [0.5, 0.6) is 0 Å². The van der Waals surface area contributed by atoms with Crippen molar-refractivity contribution in [2.45, 2.75) is 38.7 Å². The lowest BCUT2D eigenvalue weighted by Gasteiger charge is -2.16. The molecule has 0 radical (unpaired) electrons. The first-order valence-electron chi connectivity index (χ1n) is 6.19. The van der Waals surface area contributed by atoms with Crippen molar-refractivity contribution in [1.29, 1.82) is 0 Å². The molecule has 0 aliphatic heterocycles. The average molecular weight is 286 g/mol. The summed E-state index contributed by atoms with van der Waals surface area (Å²) in [6.45, 7) is 7.30. The van der Waals surface area contributed by atoms with E-state index < -0.39 is 16.1 Å². The number of aliphatic hydroxyl groups is 1. The molecule has 1 aromatic carbocycles. The number of hydrogen-bond donors (Lipinski definition) is 3. The molecule has 0 aliphatic carbocycles. The van der Waals surface area contributed by atoms with Crippen molar-refractivity contribution in [1.82, 2.24) is 4.72 Å². The van der Waals surface area contributed by atoms with Crippen LogP contribution in [0.1, 0.15) is 25.0 Å². The summed E-state index contributed by atoms with van der Waals surface area (Å²) in [6, 6.07) is 3.02. The van der Waals surface area contributed by atoms with Crippen molar-refractivity contribution in [2.75, 3.05) is 12.3 Å². The van der Waals surface area contributed by atoms with E-state index >= 15 is 0 Å². The summed E-state index contributed by atoms with van der Waals surface area (Å²) in [5.74, 6) is -0.00692. The maximum absolute atomic E-state index is 12.1. The minimum Gasteiger partial charge on any atom is -0.398 e. The van der Waals surface area contributed by atoms with Crippen LogP contribution in [-0.4, -0.2) is 26.2 Å². The standard InChI is InChI=1S/C13H22N2O3S/c1-8(2)13(16)7-15-19(17,18)11-5-9(3)10(4)12(14)6-11/h5-6,8,13,15-16H,7,14H2,1-4H3. The fourth-order valence-corrected chi connectivity index (χ4v) is 2.69. The molecule has 4 N–H and O–H groups in total. The van der Waals surface area contributed by atoms with Gasteiger partial charge in [0.1, 0.15) is 0 Å². The number of benzene rings is 1. The predicted molar refractivity (Wildman–Crippen MR) is 76.4 cm³/mol. The highest BCUT2D eigenvalue weighted by Gasteiger charge is 2.18. The summed E-state index contributed by atoms with van der Waals surface area (Å²) in [6.07, 6.45) is -0.710. The van der Waals surface area contributed by atoms with Crippen molar-refractivity contribution in [3.05, 3.63) is 23.3 Å². The van der Waals surface area contributed by atoms with Crippen molar-refractivity contribution in [3.8, 4) is 0 Å². The molecule has 0 bridgehead atoms. The number of rotatable bonds is 5. The Morgan fingerprint density at radius 3 is 2.37 bits per heavy atom. The van der Waals surface area contributed by atoms with Crippen molar-refractivity contribution < 1.29 is 13.5 Å². The van der Waals surface area contributed by atoms with Gasteiger partial charge in [-0.1, -0.05) is 13.8 Å². The number of sulfonamides is 1. The third kappa shape index (κ3) is 3.92. The molecule has 6 heteroatoms. The van der Waals surface area contributed by atoms with Gasteiger partial charge in [-0.25, -0.2) is 13.1 Å². The number of nitrogens with two attached hydrogens (primary N) is 1. The van der Waals surface area contributed by atoms with Crippen LogP contribution in [0.3, 0.4) is 0 Å². The minimum atomic E-state index is -3.64. The molecule has 5 nitrogen and oxygen atoms in total. The Hall–Kier alpha value is -1.11. The molecule has 0 aliphatic rings. The van der Waals surface area contributed by atoms with Gasteiger partial charge >= 0.3 is 0 Å². The third-order valence-electron chi connectivity index (χ3n) is 3.24. The molecule has 0 saturated carbocycles. The first-order valence-corrected chi connectivity index (χ1v) is 7.68. The Balaban J connectivity index is 2.95. The Kier molecular flexibility index (Phi) is 4.95. The van der Waals surface area contributed by atoms with E-state index in [9.17, 15) is 13.5 Å². The van der Waals surface area contributed by atoms with Gasteiger partial charge in [0.05, 0.1) is 11.0 Å². The average Bonchev–Trinajstić information content (AvgIpc) is 2.32. The highest BCUT2D eigenvalue weighted by atomic mass is 32.2. The number of aliphatic hydroxyl groups excluding tert-OH is 1. The van der Waals surface area contributed by atoms with Crippen LogP contribution in [0.25, 0.3) is 0 Å². The number of nitrogens with one attached hydrogen (secondary N) is 1. The Morgan fingerprint density at radius 2 is 1.89 bits per heavy atom. The van der Waals surface area contributed by atoms with Crippen LogP contribution in [0, 0.1) is 19.8 Å². The lowest BCUT2D eigenvalue weighted by molar-refractivity contribution is 0.129. The van der Waals surface area contributed by atoms with Crippen LogP contribution >= 0.6 is 0 Å². The predicted octanol–water partition coefficient (Wildman–Crippen LogP) is 1.18. The van der Waals surface area contributed by atoms with Gasteiger partial charge in [-0.2, -0.15) is 0 Å². The molecule has 0 saturated heterocycles. The van der Waals surface area contributed by atoms with Crippen molar-refractivity contribution in [3.63, 3.8) is 0 Å². The van der Waals surface area contributed by atoms with Gasteiger partial charge in [0, 0.05) is 12.2 Å². The molecule has 0 amide bonds. The lowest BCUT2D eigenvalue weighted by Crippen LogP contribution is -2.34. The van der Waals surface area contributed by atoms with E-state index in [0.717, 1.165) is 11.1 Å². The Morgan fingerprint density at radius 1 is 1.32 bits per heavy atom. The number of anilines is 1. The highest BCUT2D eigenvalue weighted by Crippen LogP contribution is 2.21. The van der Waals surface area contributed by atoms with E-state index in [1.807, 2.05) is 27.7 Å². The molecular formula is C13H22N2O3S. The number of aryl methyl sites for hydroxylation is 1. The molecule has 1 unspecified atom stereocenters.